The SMILES string of the molecule is O=P(O)(O)CP(=O)(O)OC[C@H]1C[C@@H](c2ccc3c(N[C@@H]4CCc5cc(F)ccc54)nc(Cl)nn23)[C@H](O)[C@@H]1O. The Kier molecular flexibility index (Phi) is 7.45. The molecule has 0 aliphatic heterocycles. The summed E-state index contributed by atoms with van der Waals surface area (Å²) in [4.78, 5) is 32.0. The highest BCUT2D eigenvalue weighted by Crippen LogP contribution is 2.56. The molecule has 206 valence electrons. The van der Waals surface area contributed by atoms with Crippen molar-refractivity contribution in [3.63, 3.8) is 0 Å². The summed E-state index contributed by atoms with van der Waals surface area (Å²) in [5.41, 5.74) is 2.95. The Hall–Kier alpha value is -1.92. The molecule has 2 aliphatic rings. The number of halogens is 2. The van der Waals surface area contributed by atoms with Crippen molar-refractivity contribution in [2.45, 2.75) is 43.4 Å². The van der Waals surface area contributed by atoms with Crippen molar-refractivity contribution in [3.8, 4) is 0 Å². The maximum Gasteiger partial charge on any atom is 0.340 e. The van der Waals surface area contributed by atoms with Gasteiger partial charge in [0.05, 0.1) is 24.9 Å². The zero-order valence-corrected chi connectivity index (χ0v) is 22.3. The third kappa shape index (κ3) is 5.67. The molecule has 1 unspecified atom stereocenters. The van der Waals surface area contributed by atoms with Crippen molar-refractivity contribution in [1.82, 2.24) is 14.6 Å². The Morgan fingerprint density at radius 3 is 2.66 bits per heavy atom. The van der Waals surface area contributed by atoms with Crippen LogP contribution in [0.25, 0.3) is 5.52 Å². The molecule has 6 N–H and O–H groups in total. The van der Waals surface area contributed by atoms with Crippen LogP contribution in [-0.2, 0) is 20.1 Å². The molecule has 0 amide bonds. The zero-order chi connectivity index (χ0) is 27.4. The van der Waals surface area contributed by atoms with Gasteiger partial charge >= 0.3 is 15.2 Å². The summed E-state index contributed by atoms with van der Waals surface area (Å²) in [6.07, 6.45) is -1.03. The molecule has 0 radical (unpaired) electrons. The molecular weight excluding hydrogens is 565 g/mol. The van der Waals surface area contributed by atoms with Gasteiger partial charge in [0, 0.05) is 17.5 Å². The maximum atomic E-state index is 13.6. The fourth-order valence-corrected chi connectivity index (χ4v) is 8.12. The molecule has 2 aliphatic carbocycles. The first-order chi connectivity index (χ1) is 17.8. The van der Waals surface area contributed by atoms with E-state index in [1.165, 1.54) is 16.6 Å². The number of rotatable bonds is 8. The van der Waals surface area contributed by atoms with Gasteiger partial charge in [-0.15, -0.1) is 5.10 Å². The molecule has 2 heterocycles. The Morgan fingerprint density at radius 2 is 1.92 bits per heavy atom. The molecule has 5 rings (SSSR count). The predicted molar refractivity (Wildman–Crippen MR) is 135 cm³/mol. The molecule has 2 aromatic heterocycles. The summed E-state index contributed by atoms with van der Waals surface area (Å²) < 4.78 is 43.1. The number of benzene rings is 1. The summed E-state index contributed by atoms with van der Waals surface area (Å²) in [6.45, 7) is -0.490. The quantitative estimate of drug-likeness (QED) is 0.212. The maximum absolute atomic E-state index is 13.6. The van der Waals surface area contributed by atoms with Crippen molar-refractivity contribution in [2.24, 2.45) is 5.92 Å². The van der Waals surface area contributed by atoms with Crippen LogP contribution in [0.5, 0.6) is 0 Å². The van der Waals surface area contributed by atoms with Gasteiger partial charge in [-0.25, -0.2) is 8.91 Å². The van der Waals surface area contributed by atoms with Crippen LogP contribution < -0.4 is 5.32 Å². The second kappa shape index (κ2) is 10.2. The van der Waals surface area contributed by atoms with Gasteiger partial charge in [-0.2, -0.15) is 4.98 Å². The first-order valence-corrected chi connectivity index (χ1v) is 15.7. The highest BCUT2D eigenvalue weighted by molar-refractivity contribution is 7.70. The molecule has 1 aromatic carbocycles. The molecule has 1 fully saturated rings. The summed E-state index contributed by atoms with van der Waals surface area (Å²) >= 11 is 6.23. The standard InChI is InChI=1S/C22H26ClFN4O8P2/c23-22-26-21(25-16-4-1-11-7-13(24)2-3-14(11)16)18-6-5-17(28(18)27-22)15-8-12(19(29)20(15)30)9-36-38(34,35)10-37(31,32)33/h2-3,5-7,12,15-16,19-20,29-30H,1,4,8-10H2,(H,34,35)(H,25,26,27)(H2,31,32,33)/t12-,15+,16-,19-,20+/m1/s1. The lowest BCUT2D eigenvalue weighted by atomic mass is 10.0. The number of nitrogens with zero attached hydrogens (tertiary/aromatic N) is 3. The monoisotopic (exact) mass is 590 g/mol. The topological polar surface area (TPSA) is 187 Å². The van der Waals surface area contributed by atoms with Crippen molar-refractivity contribution in [2.75, 3.05) is 17.8 Å². The summed E-state index contributed by atoms with van der Waals surface area (Å²) in [5.74, 6) is -2.65. The van der Waals surface area contributed by atoms with Crippen molar-refractivity contribution >= 4 is 38.1 Å². The number of aliphatic hydroxyl groups excluding tert-OH is 2. The summed E-state index contributed by atoms with van der Waals surface area (Å²) in [6, 6.07) is 7.98. The number of aromatic nitrogens is 3. The van der Waals surface area contributed by atoms with Gasteiger partial charge in [0.15, 0.2) is 11.7 Å². The molecule has 38 heavy (non-hydrogen) atoms. The van der Waals surface area contributed by atoms with Crippen LogP contribution in [0.2, 0.25) is 5.28 Å². The highest BCUT2D eigenvalue weighted by Gasteiger charge is 2.45. The summed E-state index contributed by atoms with van der Waals surface area (Å²) in [7, 11) is -9.41. The van der Waals surface area contributed by atoms with Gasteiger partial charge in [0.25, 0.3) is 0 Å². The first kappa shape index (κ1) is 27.6. The average Bonchev–Trinajstić information content (AvgIpc) is 3.47. The lowest BCUT2D eigenvalue weighted by molar-refractivity contribution is 0.00366. The van der Waals surface area contributed by atoms with E-state index in [9.17, 15) is 28.6 Å². The number of anilines is 1. The van der Waals surface area contributed by atoms with Crippen LogP contribution in [0.4, 0.5) is 10.2 Å². The van der Waals surface area contributed by atoms with E-state index in [0.717, 1.165) is 17.5 Å². The molecule has 12 nitrogen and oxygen atoms in total. The first-order valence-electron chi connectivity index (χ1n) is 11.8. The Bertz CT molecular complexity index is 1470. The molecule has 0 spiro atoms. The lowest BCUT2D eigenvalue weighted by Crippen LogP contribution is -2.29. The van der Waals surface area contributed by atoms with Gasteiger partial charge in [-0.3, -0.25) is 9.13 Å². The molecule has 16 heteroatoms. The fraction of sp³-hybridized carbons (Fsp3) is 0.455. The van der Waals surface area contributed by atoms with Crippen LogP contribution in [0.15, 0.2) is 30.3 Å². The minimum absolute atomic E-state index is 0.0682. The van der Waals surface area contributed by atoms with E-state index in [4.69, 9.17) is 25.9 Å². The van der Waals surface area contributed by atoms with Gasteiger partial charge in [0.1, 0.15) is 11.3 Å². The lowest BCUT2D eigenvalue weighted by Gasteiger charge is -2.19. The third-order valence-electron chi connectivity index (χ3n) is 7.04. The van der Waals surface area contributed by atoms with Crippen LogP contribution in [-0.4, -0.2) is 64.2 Å². The van der Waals surface area contributed by atoms with E-state index in [2.05, 4.69) is 15.4 Å². The van der Waals surface area contributed by atoms with E-state index < -0.39 is 51.7 Å². The minimum atomic E-state index is -4.80. The Balaban J connectivity index is 1.37. The van der Waals surface area contributed by atoms with E-state index >= 15 is 0 Å². The second-order valence-electron chi connectivity index (χ2n) is 9.69. The highest BCUT2D eigenvalue weighted by atomic mass is 35.5. The van der Waals surface area contributed by atoms with Gasteiger partial charge in [0.2, 0.25) is 5.28 Å². The van der Waals surface area contributed by atoms with Crippen LogP contribution in [0, 0.1) is 11.7 Å². The predicted octanol–water partition coefficient (Wildman–Crippen LogP) is 2.78. The van der Waals surface area contributed by atoms with Gasteiger partial charge < -0.3 is 34.7 Å². The van der Waals surface area contributed by atoms with Crippen LogP contribution >= 0.6 is 26.8 Å². The average molecular weight is 591 g/mol. The minimum Gasteiger partial charge on any atom is -0.390 e. The number of nitrogens with one attached hydrogen (secondary N) is 1. The van der Waals surface area contributed by atoms with E-state index in [1.807, 2.05) is 0 Å². The molecule has 1 saturated carbocycles. The zero-order valence-electron chi connectivity index (χ0n) is 19.8. The van der Waals surface area contributed by atoms with Gasteiger partial charge in [-0.1, -0.05) is 6.07 Å². The molecule has 0 saturated heterocycles. The smallest absolute Gasteiger partial charge is 0.340 e. The van der Waals surface area contributed by atoms with Crippen LogP contribution in [0.3, 0.4) is 0 Å². The van der Waals surface area contributed by atoms with Crippen molar-refractivity contribution in [3.05, 3.63) is 58.3 Å². The van der Waals surface area contributed by atoms with E-state index in [0.29, 0.717) is 23.4 Å². The third-order valence-corrected chi connectivity index (χ3v) is 10.7. The molecule has 6 atom stereocenters. The Morgan fingerprint density at radius 1 is 1.16 bits per heavy atom. The number of fused-ring (bicyclic) bond motifs is 2. The number of hydrogen-bond donors (Lipinski definition) is 6. The Labute approximate surface area is 221 Å². The fourth-order valence-electron chi connectivity index (χ4n) is 5.35. The van der Waals surface area contributed by atoms with Gasteiger partial charge in [-0.05, 0) is 66.3 Å². The number of aliphatic hydroxyl groups is 2. The molecule has 0 bridgehead atoms. The molecule has 3 aromatic rings. The van der Waals surface area contributed by atoms with E-state index in [1.54, 1.807) is 18.2 Å². The van der Waals surface area contributed by atoms with Crippen molar-refractivity contribution in [1.29, 1.82) is 0 Å². The molecular formula is C22H26ClFN4O8P2. The normalized spacial score (nSPS) is 27.0. The number of aryl methyl sites for hydroxylation is 1. The second-order valence-corrected chi connectivity index (χ2v) is 14.0. The van der Waals surface area contributed by atoms with Crippen molar-refractivity contribution < 1.29 is 42.9 Å². The number of hydrogen-bond acceptors (Lipinski definition) is 8. The van der Waals surface area contributed by atoms with E-state index in [-0.39, 0.29) is 23.6 Å². The summed E-state index contributed by atoms with van der Waals surface area (Å²) in [5, 5.41) is 28.9. The largest absolute Gasteiger partial charge is 0.390 e. The van der Waals surface area contributed by atoms with Crippen LogP contribution in [0.1, 0.15) is 41.6 Å².